The highest BCUT2D eigenvalue weighted by molar-refractivity contribution is 7.22. The van der Waals surface area contributed by atoms with Gasteiger partial charge in [0.2, 0.25) is 5.91 Å². The van der Waals surface area contributed by atoms with Crippen molar-refractivity contribution in [2.24, 2.45) is 5.92 Å². The minimum atomic E-state index is -5.08. The van der Waals surface area contributed by atoms with Crippen molar-refractivity contribution in [3.8, 4) is 16.9 Å². The highest BCUT2D eigenvalue weighted by atomic mass is 35.5. The molecule has 43 heavy (non-hydrogen) atoms. The Balaban J connectivity index is 0.000000303. The van der Waals surface area contributed by atoms with Gasteiger partial charge in [-0.15, -0.1) is 0 Å². The summed E-state index contributed by atoms with van der Waals surface area (Å²) in [5, 5.41) is 24.6. The smallest absolute Gasteiger partial charge is 0.490 e. The highest BCUT2D eigenvalue weighted by Crippen LogP contribution is 2.43. The lowest BCUT2D eigenvalue weighted by Gasteiger charge is -2.11. The average Bonchev–Trinajstić information content (AvgIpc) is 3.26. The number of benzene rings is 2. The number of methoxy groups -OCH3 is 1. The lowest BCUT2D eigenvalue weighted by Crippen LogP contribution is -2.21. The number of fused-ring (bicyclic) bond motifs is 2. The number of aromatic amines is 1. The fourth-order valence-corrected chi connectivity index (χ4v) is 4.53. The zero-order chi connectivity index (χ0) is 32.4. The van der Waals surface area contributed by atoms with Crippen LogP contribution in [-0.2, 0) is 14.4 Å². The number of ether oxygens (including phenoxy) is 1. The predicted molar refractivity (Wildman–Crippen MR) is 135 cm³/mol. The molecule has 1 saturated carbocycles. The van der Waals surface area contributed by atoms with Gasteiger partial charge in [-0.3, -0.25) is 9.89 Å². The van der Waals surface area contributed by atoms with E-state index in [0.717, 1.165) is 4.70 Å². The number of nitrogens with zero attached hydrogens (tertiary/aromatic N) is 2. The molecule has 2 aromatic heterocycles. The van der Waals surface area contributed by atoms with Gasteiger partial charge in [0.1, 0.15) is 11.7 Å². The van der Waals surface area contributed by atoms with Crippen LogP contribution in [0.15, 0.2) is 24.4 Å². The topological polar surface area (TPSA) is 154 Å². The number of H-pyrrole nitrogens is 1. The van der Waals surface area contributed by atoms with Crippen LogP contribution in [0.2, 0.25) is 5.02 Å². The van der Waals surface area contributed by atoms with Crippen molar-refractivity contribution in [3.63, 3.8) is 0 Å². The number of hydrogen-bond acceptors (Lipinski definition) is 7. The second kappa shape index (κ2) is 12.5. The van der Waals surface area contributed by atoms with Crippen LogP contribution in [0.4, 0.5) is 40.3 Å². The maximum Gasteiger partial charge on any atom is 0.490 e. The van der Waals surface area contributed by atoms with E-state index in [1.807, 2.05) is 6.07 Å². The van der Waals surface area contributed by atoms with Gasteiger partial charge in [0, 0.05) is 10.9 Å². The molecule has 0 aliphatic heterocycles. The largest absolute Gasteiger partial charge is 0.491 e. The van der Waals surface area contributed by atoms with Gasteiger partial charge in [0.25, 0.3) is 0 Å². The van der Waals surface area contributed by atoms with Crippen molar-refractivity contribution < 1.29 is 64.5 Å². The first-order valence-corrected chi connectivity index (χ1v) is 12.4. The van der Waals surface area contributed by atoms with Gasteiger partial charge < -0.3 is 20.3 Å². The van der Waals surface area contributed by atoms with Gasteiger partial charge in [-0.2, -0.15) is 31.4 Å². The summed E-state index contributed by atoms with van der Waals surface area (Å²) in [6, 6.07) is 5.35. The van der Waals surface area contributed by atoms with Crippen molar-refractivity contribution in [1.82, 2.24) is 15.2 Å². The van der Waals surface area contributed by atoms with Crippen LogP contribution in [0.25, 0.3) is 32.2 Å². The molecule has 0 spiro atoms. The molecule has 1 amide bonds. The minimum absolute atomic E-state index is 0.00126. The summed E-state index contributed by atoms with van der Waals surface area (Å²) < 4.78 is 97.2. The molecule has 20 heteroatoms. The van der Waals surface area contributed by atoms with E-state index < -0.39 is 42.2 Å². The molecule has 4 aromatic rings. The number of anilines is 1. The zero-order valence-electron chi connectivity index (χ0n) is 20.9. The van der Waals surface area contributed by atoms with E-state index >= 15 is 0 Å². The molecule has 5 rings (SSSR count). The Labute approximate surface area is 242 Å². The molecule has 2 heterocycles. The van der Waals surface area contributed by atoms with Gasteiger partial charge in [-0.05, 0) is 24.1 Å². The molecule has 0 unspecified atom stereocenters. The molecule has 1 fully saturated rings. The van der Waals surface area contributed by atoms with E-state index in [0.29, 0.717) is 32.7 Å². The third-order valence-corrected chi connectivity index (χ3v) is 6.68. The zero-order valence-corrected chi connectivity index (χ0v) is 22.5. The van der Waals surface area contributed by atoms with Crippen LogP contribution < -0.4 is 10.1 Å². The summed E-state index contributed by atoms with van der Waals surface area (Å²) in [6.45, 7) is 0. The summed E-state index contributed by atoms with van der Waals surface area (Å²) >= 11 is 7.58. The van der Waals surface area contributed by atoms with E-state index in [2.05, 4.69) is 20.5 Å². The van der Waals surface area contributed by atoms with Gasteiger partial charge in [-0.25, -0.2) is 23.4 Å². The molecule has 2 aromatic carbocycles. The fraction of sp³-hybridized carbons (Fsp3) is 0.261. The number of amides is 1. The Kier molecular flexibility index (Phi) is 9.69. The van der Waals surface area contributed by atoms with Crippen LogP contribution in [0.5, 0.6) is 5.75 Å². The number of alkyl halides is 7. The summed E-state index contributed by atoms with van der Waals surface area (Å²) in [7, 11) is 1.36. The Hall–Kier alpha value is -4.26. The Bertz CT molecular complexity index is 1670. The normalized spacial score (nSPS) is 16.0. The van der Waals surface area contributed by atoms with E-state index in [9.17, 15) is 39.9 Å². The van der Waals surface area contributed by atoms with Crippen molar-refractivity contribution >= 4 is 67.0 Å². The SMILES string of the molecule is COc1c(F)c(Cl)c(-c2ccc3nc(NC(=O)[C@@H]4C[C@@H]4F)sc3c2)c2cn[nH]c12.O=C(O)C(F)(F)F.O=C(O)C(F)(F)F. The Morgan fingerprint density at radius 2 is 1.67 bits per heavy atom. The molecular weight excluding hydrogens is 648 g/mol. The van der Waals surface area contributed by atoms with Crippen molar-refractivity contribution in [1.29, 1.82) is 0 Å². The number of nitrogens with one attached hydrogen (secondary N) is 2. The summed E-state index contributed by atoms with van der Waals surface area (Å²) in [4.78, 5) is 34.1. The van der Waals surface area contributed by atoms with E-state index in [4.69, 9.17) is 36.1 Å². The van der Waals surface area contributed by atoms with Gasteiger partial charge >= 0.3 is 24.3 Å². The minimum Gasteiger partial charge on any atom is -0.491 e. The van der Waals surface area contributed by atoms with Crippen molar-refractivity contribution in [2.45, 2.75) is 24.9 Å². The number of thiazole rings is 1. The fourth-order valence-electron chi connectivity index (χ4n) is 3.33. The molecule has 2 atom stereocenters. The number of carboxylic acids is 2. The predicted octanol–water partition coefficient (Wildman–Crippen LogP) is 6.20. The number of aromatic nitrogens is 3. The molecule has 1 aliphatic rings. The first-order valence-electron chi connectivity index (χ1n) is 11.2. The lowest BCUT2D eigenvalue weighted by atomic mass is 10.0. The van der Waals surface area contributed by atoms with E-state index in [1.165, 1.54) is 18.4 Å². The highest BCUT2D eigenvalue weighted by Gasteiger charge is 2.44. The van der Waals surface area contributed by atoms with Crippen molar-refractivity contribution in [2.75, 3.05) is 12.4 Å². The number of carbonyl (C=O) groups excluding carboxylic acids is 1. The van der Waals surface area contributed by atoms with Crippen LogP contribution in [0, 0.1) is 11.7 Å². The number of carboxylic acid groups (broad SMARTS) is 2. The molecule has 1 aliphatic carbocycles. The molecule has 0 radical (unpaired) electrons. The number of halogens is 9. The molecule has 232 valence electrons. The Morgan fingerprint density at radius 1 is 1.12 bits per heavy atom. The molecule has 0 saturated heterocycles. The second-order valence-electron chi connectivity index (χ2n) is 8.35. The average molecular weight is 663 g/mol. The summed E-state index contributed by atoms with van der Waals surface area (Å²) in [6.07, 6.45) is -9.42. The lowest BCUT2D eigenvalue weighted by molar-refractivity contribution is -0.193. The second-order valence-corrected chi connectivity index (χ2v) is 9.76. The molecule has 10 nitrogen and oxygen atoms in total. The Morgan fingerprint density at radius 3 is 2.16 bits per heavy atom. The molecular formula is C23H15ClF8N4O6S. The standard InChI is InChI=1S/C19H13ClF2N4O2S.2C2HF3O2/c1-28-17-15(22)14(20)13(9-6-23-26-16(9)17)7-2-3-11-12(4-7)29-19(24-11)25-18(27)8-5-10(8)21;2*3-2(4,5)1(6)7/h2-4,6,8,10H,5H2,1H3,(H,23,26)(H,24,25,27);2*(H,6,7)/t8-,10+;;/m1../s1. The maximum atomic E-state index is 14.7. The maximum absolute atomic E-state index is 14.7. The van der Waals surface area contributed by atoms with Crippen LogP contribution >= 0.6 is 22.9 Å². The first kappa shape index (κ1) is 33.2. The van der Waals surface area contributed by atoms with Gasteiger partial charge in [-0.1, -0.05) is 29.0 Å². The summed E-state index contributed by atoms with van der Waals surface area (Å²) in [5.41, 5.74) is 2.22. The van der Waals surface area contributed by atoms with E-state index in [-0.39, 0.29) is 23.1 Å². The van der Waals surface area contributed by atoms with Gasteiger partial charge in [0.05, 0.1) is 34.5 Å². The van der Waals surface area contributed by atoms with Crippen LogP contribution in [0.1, 0.15) is 6.42 Å². The van der Waals surface area contributed by atoms with E-state index in [1.54, 1.807) is 18.3 Å². The van der Waals surface area contributed by atoms with Crippen LogP contribution in [0.3, 0.4) is 0 Å². The molecule has 4 N–H and O–H groups in total. The molecule has 0 bridgehead atoms. The number of rotatable bonds is 4. The van der Waals surface area contributed by atoms with Gasteiger partial charge in [0.15, 0.2) is 16.7 Å². The quantitative estimate of drug-likeness (QED) is 0.188. The number of hydrogen-bond donors (Lipinski definition) is 4. The number of carbonyl (C=O) groups is 3. The third-order valence-electron chi connectivity index (χ3n) is 5.39. The summed E-state index contributed by atoms with van der Waals surface area (Å²) in [5.74, 6) is -7.14. The van der Waals surface area contributed by atoms with Crippen molar-refractivity contribution in [3.05, 3.63) is 35.2 Å². The number of aliphatic carboxylic acids is 2. The third kappa shape index (κ3) is 7.78. The van der Waals surface area contributed by atoms with Crippen LogP contribution in [-0.4, -0.2) is 68.9 Å². The first-order chi connectivity index (χ1) is 19.9. The monoisotopic (exact) mass is 662 g/mol.